The minimum atomic E-state index is -0.706. The number of fused-ring (bicyclic) bond motifs is 1. The molecule has 178 valence electrons. The molecule has 0 aromatic rings. The molecule has 3 N–H and O–H groups in total. The molecule has 0 amide bonds. The first-order chi connectivity index (χ1) is 14.3. The fourth-order valence-corrected chi connectivity index (χ4v) is 3.88. The van der Waals surface area contributed by atoms with Crippen LogP contribution >= 0.6 is 0 Å². The number of carbonyl (C=O) groups is 1. The van der Waals surface area contributed by atoms with Crippen LogP contribution in [0.2, 0.25) is 0 Å². The van der Waals surface area contributed by atoms with Crippen molar-refractivity contribution in [2.45, 2.75) is 113 Å². The second-order valence-electron chi connectivity index (χ2n) is 8.09. The van der Waals surface area contributed by atoms with Crippen LogP contribution in [-0.4, -0.2) is 33.5 Å². The summed E-state index contributed by atoms with van der Waals surface area (Å²) in [5, 5.41) is 27.4. The summed E-state index contributed by atoms with van der Waals surface area (Å²) in [5.41, 5.74) is 1.53. The maximum Gasteiger partial charge on any atom is 0.306 e. The van der Waals surface area contributed by atoms with Crippen LogP contribution in [0.3, 0.4) is 0 Å². The Morgan fingerprint density at radius 1 is 1.17 bits per heavy atom. The molecule has 2 aliphatic rings. The SMILES string of the molecule is CC.CC.CC(O)CC(O)CCC1C(C)C=CC2=CCCCC21.CCC(C)C(=O)O. The lowest BCUT2D eigenvalue weighted by atomic mass is 9.68. The Balaban J connectivity index is 0. The van der Waals surface area contributed by atoms with E-state index in [1.165, 1.54) is 24.8 Å². The zero-order valence-electron chi connectivity index (χ0n) is 20.9. The molecular weight excluding hydrogens is 376 g/mol. The number of allylic oxidation sites excluding steroid dienone is 4. The standard InChI is InChI=1S/C17H28O2.C5H10O2.2C2H6/c1-12-7-8-14-5-3-4-6-17(14)16(12)10-9-15(19)11-13(2)18;1-3-4(2)5(6)7;2*1-2/h5,7-8,12-13,15-19H,3-4,6,9-11H2,1-2H3;4H,3H2,1-2H3,(H,6,7);2*1-2H3. The molecule has 0 radical (unpaired) electrons. The van der Waals surface area contributed by atoms with Crippen molar-refractivity contribution in [1.29, 1.82) is 0 Å². The fraction of sp³-hybridized carbons (Fsp3) is 0.808. The number of hydrogen-bond acceptors (Lipinski definition) is 3. The average Bonchev–Trinajstić information content (AvgIpc) is 2.75. The summed E-state index contributed by atoms with van der Waals surface area (Å²) in [5.74, 6) is 1.09. The number of rotatable bonds is 7. The summed E-state index contributed by atoms with van der Waals surface area (Å²) in [6, 6.07) is 0. The molecule has 4 nitrogen and oxygen atoms in total. The largest absolute Gasteiger partial charge is 0.481 e. The molecule has 2 rings (SSSR count). The molecule has 0 aromatic carbocycles. The summed E-state index contributed by atoms with van der Waals surface area (Å²) in [6.45, 7) is 15.6. The fourth-order valence-electron chi connectivity index (χ4n) is 3.88. The maximum atomic E-state index is 9.94. The molecule has 0 fully saturated rings. The van der Waals surface area contributed by atoms with Crippen molar-refractivity contribution < 1.29 is 20.1 Å². The van der Waals surface area contributed by atoms with Crippen molar-refractivity contribution >= 4 is 5.97 Å². The normalized spacial score (nSPS) is 24.7. The molecule has 0 saturated heterocycles. The van der Waals surface area contributed by atoms with Crippen LogP contribution in [0.4, 0.5) is 0 Å². The molecule has 4 heteroatoms. The summed E-state index contributed by atoms with van der Waals surface area (Å²) < 4.78 is 0. The van der Waals surface area contributed by atoms with Crippen molar-refractivity contribution in [3.8, 4) is 0 Å². The quantitative estimate of drug-likeness (QED) is 0.427. The summed E-state index contributed by atoms with van der Waals surface area (Å²) >= 11 is 0. The summed E-state index contributed by atoms with van der Waals surface area (Å²) in [7, 11) is 0. The van der Waals surface area contributed by atoms with E-state index in [1.54, 1.807) is 13.8 Å². The summed E-state index contributed by atoms with van der Waals surface area (Å²) in [4.78, 5) is 9.93. The highest BCUT2D eigenvalue weighted by Gasteiger charge is 2.31. The smallest absolute Gasteiger partial charge is 0.306 e. The third-order valence-electron chi connectivity index (χ3n) is 5.79. The summed E-state index contributed by atoms with van der Waals surface area (Å²) in [6.07, 6.45) is 13.2. The molecule has 30 heavy (non-hydrogen) atoms. The number of carboxylic acid groups (broad SMARTS) is 1. The maximum absolute atomic E-state index is 9.94. The second kappa shape index (κ2) is 18.6. The Bertz CT molecular complexity index is 481. The van der Waals surface area contributed by atoms with Crippen LogP contribution in [0, 0.1) is 23.7 Å². The monoisotopic (exact) mass is 426 g/mol. The number of carboxylic acids is 1. The van der Waals surface area contributed by atoms with Gasteiger partial charge in [-0.2, -0.15) is 0 Å². The van der Waals surface area contributed by atoms with E-state index >= 15 is 0 Å². The van der Waals surface area contributed by atoms with E-state index in [-0.39, 0.29) is 12.0 Å². The van der Waals surface area contributed by atoms with Gasteiger partial charge in [0.2, 0.25) is 0 Å². The molecule has 0 spiro atoms. The van der Waals surface area contributed by atoms with Gasteiger partial charge >= 0.3 is 5.97 Å². The Kier molecular flexibility index (Phi) is 19.3. The van der Waals surface area contributed by atoms with Gasteiger partial charge in [0, 0.05) is 0 Å². The Morgan fingerprint density at radius 2 is 1.77 bits per heavy atom. The van der Waals surface area contributed by atoms with Gasteiger partial charge in [0.25, 0.3) is 0 Å². The van der Waals surface area contributed by atoms with Crippen LogP contribution in [0.25, 0.3) is 0 Å². The molecule has 0 aliphatic heterocycles. The van der Waals surface area contributed by atoms with E-state index in [0.29, 0.717) is 24.2 Å². The van der Waals surface area contributed by atoms with Crippen LogP contribution in [0.1, 0.15) is 100 Å². The minimum Gasteiger partial charge on any atom is -0.481 e. The van der Waals surface area contributed by atoms with Crippen LogP contribution in [0.15, 0.2) is 23.8 Å². The van der Waals surface area contributed by atoms with Crippen molar-refractivity contribution in [3.05, 3.63) is 23.8 Å². The zero-order valence-corrected chi connectivity index (χ0v) is 20.9. The minimum absolute atomic E-state index is 0.181. The van der Waals surface area contributed by atoms with E-state index in [9.17, 15) is 15.0 Å². The molecule has 0 saturated carbocycles. The van der Waals surface area contributed by atoms with Crippen molar-refractivity contribution in [2.75, 3.05) is 0 Å². The second-order valence-corrected chi connectivity index (χ2v) is 8.09. The molecule has 6 atom stereocenters. The van der Waals surface area contributed by atoms with E-state index in [2.05, 4.69) is 25.2 Å². The molecule has 0 aromatic heterocycles. The van der Waals surface area contributed by atoms with Gasteiger partial charge in [0.15, 0.2) is 0 Å². The highest BCUT2D eigenvalue weighted by Crippen LogP contribution is 2.42. The average molecular weight is 427 g/mol. The molecule has 0 bridgehead atoms. The first-order valence-corrected chi connectivity index (χ1v) is 12.2. The Labute approximate surface area is 186 Å². The molecule has 0 heterocycles. The van der Waals surface area contributed by atoms with Crippen LogP contribution in [-0.2, 0) is 4.79 Å². The van der Waals surface area contributed by atoms with Crippen molar-refractivity contribution in [1.82, 2.24) is 0 Å². The van der Waals surface area contributed by atoms with Gasteiger partial charge in [-0.05, 0) is 75.2 Å². The Morgan fingerprint density at radius 3 is 2.23 bits per heavy atom. The van der Waals surface area contributed by atoms with E-state index < -0.39 is 12.1 Å². The van der Waals surface area contributed by atoms with Gasteiger partial charge in [0.1, 0.15) is 0 Å². The Hall–Kier alpha value is -1.13. The van der Waals surface area contributed by atoms with E-state index in [4.69, 9.17) is 5.11 Å². The van der Waals surface area contributed by atoms with E-state index in [1.807, 2.05) is 34.6 Å². The molecule has 2 aliphatic carbocycles. The van der Waals surface area contributed by atoms with Gasteiger partial charge in [-0.1, -0.05) is 66.7 Å². The topological polar surface area (TPSA) is 77.8 Å². The molecule has 6 unspecified atom stereocenters. The van der Waals surface area contributed by atoms with Crippen LogP contribution < -0.4 is 0 Å². The third-order valence-corrected chi connectivity index (χ3v) is 5.79. The first kappa shape index (κ1) is 31.1. The molecular formula is C26H50O4. The van der Waals surface area contributed by atoms with Gasteiger partial charge in [0.05, 0.1) is 18.1 Å². The first-order valence-electron chi connectivity index (χ1n) is 12.2. The van der Waals surface area contributed by atoms with E-state index in [0.717, 1.165) is 19.3 Å². The van der Waals surface area contributed by atoms with Crippen molar-refractivity contribution in [2.24, 2.45) is 23.7 Å². The lowest BCUT2D eigenvalue weighted by Gasteiger charge is -2.37. The van der Waals surface area contributed by atoms with Gasteiger partial charge < -0.3 is 15.3 Å². The lowest BCUT2D eigenvalue weighted by molar-refractivity contribution is -0.141. The zero-order chi connectivity index (χ0) is 23.7. The van der Waals surface area contributed by atoms with Gasteiger partial charge in [-0.3, -0.25) is 4.79 Å². The lowest BCUT2D eigenvalue weighted by Crippen LogP contribution is -2.28. The van der Waals surface area contributed by atoms with Gasteiger partial charge in [-0.25, -0.2) is 0 Å². The number of aliphatic hydroxyl groups excluding tert-OH is 2. The number of aliphatic carboxylic acids is 1. The highest BCUT2D eigenvalue weighted by atomic mass is 16.4. The van der Waals surface area contributed by atoms with Crippen molar-refractivity contribution in [3.63, 3.8) is 0 Å². The highest BCUT2D eigenvalue weighted by molar-refractivity contribution is 5.69. The third kappa shape index (κ3) is 12.5. The predicted octanol–water partition coefficient (Wildman–Crippen LogP) is 6.62. The number of aliphatic hydroxyl groups is 2. The van der Waals surface area contributed by atoms with Gasteiger partial charge in [-0.15, -0.1) is 0 Å². The van der Waals surface area contributed by atoms with Crippen LogP contribution in [0.5, 0.6) is 0 Å². The predicted molar refractivity (Wildman–Crippen MR) is 129 cm³/mol. The number of hydrogen-bond donors (Lipinski definition) is 3.